The molecule has 0 bridgehead atoms. The van der Waals surface area contributed by atoms with Gasteiger partial charge in [-0.25, -0.2) is 0 Å². The molecule has 0 aliphatic rings. The van der Waals surface area contributed by atoms with Crippen molar-refractivity contribution >= 4 is 83.0 Å². The van der Waals surface area contributed by atoms with E-state index >= 15 is 0 Å². The minimum atomic E-state index is 1.14. The third-order valence-electron chi connectivity index (χ3n) is 11.0. The van der Waals surface area contributed by atoms with Crippen molar-refractivity contribution in [3.8, 4) is 0 Å². The van der Waals surface area contributed by atoms with Gasteiger partial charge in [0.15, 0.2) is 0 Å². The van der Waals surface area contributed by atoms with Crippen LogP contribution >= 0.6 is 0 Å². The molecule has 3 nitrogen and oxygen atoms in total. The molecule has 0 unspecified atom stereocenters. The van der Waals surface area contributed by atoms with Gasteiger partial charge in [0.25, 0.3) is 0 Å². The molecule has 3 heteroatoms. The second-order valence-corrected chi connectivity index (χ2v) is 14.5. The summed E-state index contributed by atoms with van der Waals surface area (Å²) in [5.41, 5.74) is 15.7. The highest BCUT2D eigenvalue weighted by Crippen LogP contribution is 2.48. The normalized spacial score (nSPS) is 11.8. The molecule has 0 radical (unpaired) electrons. The molecular formula is C50H39N3. The zero-order valence-electron chi connectivity index (χ0n) is 30.4. The van der Waals surface area contributed by atoms with Crippen LogP contribution < -0.4 is 9.80 Å². The number of rotatable bonds is 6. The summed E-state index contributed by atoms with van der Waals surface area (Å²) in [5, 5.41) is 7.52. The molecule has 10 aromatic rings. The summed E-state index contributed by atoms with van der Waals surface area (Å²) in [4.78, 5) is 4.83. The topological polar surface area (TPSA) is 10.9 Å². The fourth-order valence-electron chi connectivity index (χ4n) is 8.65. The van der Waals surface area contributed by atoms with Gasteiger partial charge in [-0.1, -0.05) is 102 Å². The molecule has 254 valence electrons. The van der Waals surface area contributed by atoms with Crippen LogP contribution in [0.25, 0.3) is 48.9 Å². The van der Waals surface area contributed by atoms with E-state index in [-0.39, 0.29) is 0 Å². The van der Waals surface area contributed by atoms with E-state index in [1.54, 1.807) is 0 Å². The van der Waals surface area contributed by atoms with Crippen molar-refractivity contribution in [1.82, 2.24) is 4.40 Å². The van der Waals surface area contributed by atoms with Crippen molar-refractivity contribution in [2.75, 3.05) is 9.80 Å². The molecule has 0 amide bonds. The highest BCUT2D eigenvalue weighted by atomic mass is 15.2. The average Bonchev–Trinajstić information content (AvgIpc) is 3.69. The number of benzene rings is 8. The first-order valence-corrected chi connectivity index (χ1v) is 18.4. The van der Waals surface area contributed by atoms with Gasteiger partial charge in [0.1, 0.15) is 0 Å². The minimum absolute atomic E-state index is 1.14. The molecule has 0 aliphatic carbocycles. The maximum absolute atomic E-state index is 2.51. The third-order valence-corrected chi connectivity index (χ3v) is 11.0. The summed E-state index contributed by atoms with van der Waals surface area (Å²) in [5.74, 6) is 0. The van der Waals surface area contributed by atoms with E-state index in [9.17, 15) is 0 Å². The van der Waals surface area contributed by atoms with Crippen LogP contribution in [0.3, 0.4) is 0 Å². The number of anilines is 6. The Kier molecular flexibility index (Phi) is 7.06. The Hall–Kier alpha value is -6.58. The summed E-state index contributed by atoms with van der Waals surface area (Å²) in [6, 6.07) is 60.3. The van der Waals surface area contributed by atoms with E-state index < -0.39 is 0 Å². The van der Waals surface area contributed by atoms with Crippen LogP contribution in [0.1, 0.15) is 22.3 Å². The zero-order valence-corrected chi connectivity index (χ0v) is 30.4. The molecule has 0 spiro atoms. The summed E-state index contributed by atoms with van der Waals surface area (Å²) < 4.78 is 2.51. The maximum atomic E-state index is 2.51. The minimum Gasteiger partial charge on any atom is -0.310 e. The second kappa shape index (κ2) is 12.0. The van der Waals surface area contributed by atoms with Crippen molar-refractivity contribution in [1.29, 1.82) is 0 Å². The van der Waals surface area contributed by atoms with Gasteiger partial charge in [0.2, 0.25) is 0 Å². The van der Waals surface area contributed by atoms with E-state index in [1.807, 2.05) is 0 Å². The zero-order chi connectivity index (χ0) is 35.8. The lowest BCUT2D eigenvalue weighted by Gasteiger charge is -2.28. The smallest absolute Gasteiger partial charge is 0.0641 e. The molecule has 0 atom stereocenters. The molecule has 53 heavy (non-hydrogen) atoms. The highest BCUT2D eigenvalue weighted by Gasteiger charge is 2.25. The van der Waals surface area contributed by atoms with Crippen LogP contribution in [0.5, 0.6) is 0 Å². The Morgan fingerprint density at radius 2 is 0.981 bits per heavy atom. The molecule has 0 aliphatic heterocycles. The van der Waals surface area contributed by atoms with Crippen LogP contribution in [-0.2, 0) is 0 Å². The fourth-order valence-corrected chi connectivity index (χ4v) is 8.65. The number of aromatic nitrogens is 1. The largest absolute Gasteiger partial charge is 0.310 e. The lowest BCUT2D eigenvalue weighted by atomic mass is 10.0. The van der Waals surface area contributed by atoms with Crippen molar-refractivity contribution in [3.05, 3.63) is 186 Å². The molecule has 8 aromatic carbocycles. The summed E-state index contributed by atoms with van der Waals surface area (Å²) in [6.45, 7) is 8.75. The third kappa shape index (κ3) is 4.88. The maximum Gasteiger partial charge on any atom is 0.0641 e. The summed E-state index contributed by atoms with van der Waals surface area (Å²) >= 11 is 0. The molecule has 0 fully saturated rings. The highest BCUT2D eigenvalue weighted by molar-refractivity contribution is 6.28. The van der Waals surface area contributed by atoms with E-state index in [0.717, 1.165) is 17.1 Å². The predicted octanol–water partition coefficient (Wildman–Crippen LogP) is 14.2. The molecule has 2 heterocycles. The van der Waals surface area contributed by atoms with Gasteiger partial charge in [-0.3, -0.25) is 0 Å². The average molecular weight is 682 g/mol. The molecule has 0 saturated heterocycles. The number of para-hydroxylation sites is 3. The lowest BCUT2D eigenvalue weighted by Crippen LogP contribution is -2.11. The number of hydrogen-bond acceptors (Lipinski definition) is 2. The first-order valence-electron chi connectivity index (χ1n) is 18.4. The van der Waals surface area contributed by atoms with Crippen molar-refractivity contribution in [2.24, 2.45) is 0 Å². The van der Waals surface area contributed by atoms with E-state index in [2.05, 4.69) is 206 Å². The molecular weight excluding hydrogens is 643 g/mol. The Bertz CT molecular complexity index is 2990. The molecule has 2 aromatic heterocycles. The lowest BCUT2D eigenvalue weighted by molar-refractivity contribution is 1.24. The fraction of sp³-hybridized carbons (Fsp3) is 0.0800. The predicted molar refractivity (Wildman–Crippen MR) is 227 cm³/mol. The monoisotopic (exact) mass is 681 g/mol. The molecule has 0 saturated carbocycles. The summed E-state index contributed by atoms with van der Waals surface area (Å²) in [6.07, 6.45) is 0. The second-order valence-electron chi connectivity index (χ2n) is 14.5. The summed E-state index contributed by atoms with van der Waals surface area (Å²) in [7, 11) is 0. The van der Waals surface area contributed by atoms with Crippen molar-refractivity contribution < 1.29 is 0 Å². The Morgan fingerprint density at radius 1 is 0.377 bits per heavy atom. The standard InChI is InChI=1S/C50H39N3/c1-32-19-24-44(34(3)27-32)51(38-13-7-5-8-14-38)40-22-21-36-30-43-41-23-26-47(52(39-15-9-6-10-16-39)45-25-20-33(2)28-35(45)4)49-42-17-11-12-18-46(42)53(50(41)49)48(43)31-37(36)29-40/h5-31H,1-4H3. The van der Waals surface area contributed by atoms with Gasteiger partial charge >= 0.3 is 0 Å². The number of nitrogens with zero attached hydrogens (tertiary/aromatic N) is 3. The van der Waals surface area contributed by atoms with Crippen molar-refractivity contribution in [3.63, 3.8) is 0 Å². The number of fused-ring (bicyclic) bond motifs is 7. The van der Waals surface area contributed by atoms with Gasteiger partial charge in [-0.2, -0.15) is 0 Å². The van der Waals surface area contributed by atoms with E-state index in [4.69, 9.17) is 0 Å². The van der Waals surface area contributed by atoms with Gasteiger partial charge in [0, 0.05) is 50.0 Å². The van der Waals surface area contributed by atoms with Crippen LogP contribution in [0, 0.1) is 27.7 Å². The molecule has 0 N–H and O–H groups in total. The van der Waals surface area contributed by atoms with Gasteiger partial charge in [-0.05, 0) is 122 Å². The van der Waals surface area contributed by atoms with E-state index in [1.165, 1.54) is 88.2 Å². The van der Waals surface area contributed by atoms with Gasteiger partial charge in [0.05, 0.1) is 22.2 Å². The Morgan fingerprint density at radius 3 is 1.66 bits per heavy atom. The SMILES string of the molecule is Cc1ccc(N(c2ccccc2)c2ccc3cc4c5ccc(N(c6ccccc6)c6ccc(C)cc6C)c6c7ccccc7n(c4cc3c2)c56)c(C)c1. The van der Waals surface area contributed by atoms with Gasteiger partial charge < -0.3 is 14.2 Å². The quantitative estimate of drug-likeness (QED) is 0.173. The Labute approximate surface area is 309 Å². The first-order chi connectivity index (χ1) is 25.9. The van der Waals surface area contributed by atoms with E-state index in [0.29, 0.717) is 0 Å². The van der Waals surface area contributed by atoms with Crippen LogP contribution in [-0.4, -0.2) is 4.40 Å². The first kappa shape index (κ1) is 31.2. The Balaban J connectivity index is 1.24. The number of hydrogen-bond donors (Lipinski definition) is 0. The van der Waals surface area contributed by atoms with Crippen LogP contribution in [0.15, 0.2) is 164 Å². The van der Waals surface area contributed by atoms with Crippen molar-refractivity contribution in [2.45, 2.75) is 27.7 Å². The number of aryl methyl sites for hydroxylation is 4. The molecule has 10 rings (SSSR count). The van der Waals surface area contributed by atoms with Gasteiger partial charge in [-0.15, -0.1) is 0 Å². The van der Waals surface area contributed by atoms with Crippen LogP contribution in [0.2, 0.25) is 0 Å². The van der Waals surface area contributed by atoms with Crippen LogP contribution in [0.4, 0.5) is 34.1 Å².